The molecule has 0 aromatic carbocycles. The fraction of sp³-hybridized carbons (Fsp3) is 0.636. The molecule has 7 heteroatoms. The highest BCUT2D eigenvalue weighted by Crippen LogP contribution is 2.21. The number of nitrogens with zero attached hydrogens (tertiary/aromatic N) is 3. The fourth-order valence-electron chi connectivity index (χ4n) is 1.59. The van der Waals surface area contributed by atoms with Gasteiger partial charge in [-0.2, -0.15) is 10.2 Å². The van der Waals surface area contributed by atoms with Crippen LogP contribution in [-0.2, 0) is 9.57 Å². The summed E-state index contributed by atoms with van der Waals surface area (Å²) in [5.41, 5.74) is -0.521. The summed E-state index contributed by atoms with van der Waals surface area (Å²) in [4.78, 5) is 17.1. The van der Waals surface area contributed by atoms with Crippen molar-refractivity contribution in [3.8, 4) is 0 Å². The molecule has 18 heavy (non-hydrogen) atoms. The lowest BCUT2D eigenvalue weighted by atomic mass is 10.2. The van der Waals surface area contributed by atoms with Crippen LogP contribution in [0.3, 0.4) is 0 Å². The van der Waals surface area contributed by atoms with Gasteiger partial charge >= 0.3 is 6.09 Å². The van der Waals surface area contributed by atoms with Gasteiger partial charge in [0.2, 0.25) is 0 Å². The third-order valence-electron chi connectivity index (χ3n) is 2.34. The molecule has 1 fully saturated rings. The van der Waals surface area contributed by atoms with Crippen molar-refractivity contribution >= 4 is 22.0 Å². The molecule has 0 unspecified atom stereocenters. The van der Waals surface area contributed by atoms with Crippen molar-refractivity contribution in [2.24, 2.45) is 0 Å². The van der Waals surface area contributed by atoms with Crippen LogP contribution >= 0.6 is 15.9 Å². The van der Waals surface area contributed by atoms with E-state index in [1.165, 1.54) is 5.06 Å². The fourth-order valence-corrected chi connectivity index (χ4v) is 1.89. The highest BCUT2D eigenvalue weighted by molar-refractivity contribution is 9.10. The van der Waals surface area contributed by atoms with Crippen LogP contribution in [0.15, 0.2) is 16.9 Å². The first-order valence-corrected chi connectivity index (χ1v) is 6.47. The molecule has 1 atom stereocenters. The summed E-state index contributed by atoms with van der Waals surface area (Å²) in [6, 6.07) is 0.0174. The molecule has 1 amide bonds. The quantitative estimate of drug-likeness (QED) is 0.798. The molecule has 6 nitrogen and oxygen atoms in total. The van der Waals surface area contributed by atoms with Crippen LogP contribution in [-0.4, -0.2) is 39.7 Å². The molecule has 0 bridgehead atoms. The molecule has 0 radical (unpaired) electrons. The summed E-state index contributed by atoms with van der Waals surface area (Å²) in [6.45, 7) is 6.31. The summed E-state index contributed by atoms with van der Waals surface area (Å²) >= 11 is 3.33. The van der Waals surface area contributed by atoms with E-state index in [-0.39, 0.29) is 6.04 Å². The Kier molecular flexibility index (Phi) is 3.63. The van der Waals surface area contributed by atoms with Crippen molar-refractivity contribution < 1.29 is 14.4 Å². The van der Waals surface area contributed by atoms with Crippen molar-refractivity contribution in [3.05, 3.63) is 16.9 Å². The van der Waals surface area contributed by atoms with Gasteiger partial charge in [0.1, 0.15) is 5.60 Å². The van der Waals surface area contributed by atoms with Gasteiger partial charge in [-0.05, 0) is 36.7 Å². The molecule has 0 saturated carbocycles. The largest absolute Gasteiger partial charge is 0.442 e. The number of halogens is 1. The van der Waals surface area contributed by atoms with Crippen molar-refractivity contribution in [1.82, 2.24) is 14.8 Å². The van der Waals surface area contributed by atoms with Crippen LogP contribution < -0.4 is 0 Å². The Balaban J connectivity index is 1.94. The lowest BCUT2D eigenvalue weighted by molar-refractivity contribution is -0.107. The first-order valence-electron chi connectivity index (χ1n) is 5.68. The van der Waals surface area contributed by atoms with E-state index in [0.717, 1.165) is 4.47 Å². The number of hydroxylamine groups is 2. The zero-order chi connectivity index (χ0) is 13.3. The molecular formula is C11H16BrN3O3. The minimum absolute atomic E-state index is 0.0174. The highest BCUT2D eigenvalue weighted by Gasteiger charge is 2.32. The number of amides is 1. The number of hydrogen-bond acceptors (Lipinski definition) is 4. The van der Waals surface area contributed by atoms with Gasteiger partial charge in [-0.3, -0.25) is 9.52 Å². The predicted octanol–water partition coefficient (Wildman–Crippen LogP) is 2.37. The first-order chi connectivity index (χ1) is 8.35. The summed E-state index contributed by atoms with van der Waals surface area (Å²) in [5.74, 6) is 0. The monoisotopic (exact) mass is 317 g/mol. The molecule has 0 spiro atoms. The topological polar surface area (TPSA) is 56.6 Å². The van der Waals surface area contributed by atoms with Gasteiger partial charge in [-0.1, -0.05) is 0 Å². The van der Waals surface area contributed by atoms with Crippen molar-refractivity contribution in [2.75, 3.05) is 13.2 Å². The normalized spacial score (nSPS) is 20.2. The third kappa shape index (κ3) is 3.23. The maximum absolute atomic E-state index is 11.8. The van der Waals surface area contributed by atoms with E-state index in [1.54, 1.807) is 10.9 Å². The highest BCUT2D eigenvalue weighted by atomic mass is 79.9. The second kappa shape index (κ2) is 4.89. The minimum Gasteiger partial charge on any atom is -0.442 e. The van der Waals surface area contributed by atoms with E-state index in [2.05, 4.69) is 21.0 Å². The predicted molar refractivity (Wildman–Crippen MR) is 67.9 cm³/mol. The van der Waals surface area contributed by atoms with Crippen LogP contribution in [0.1, 0.15) is 26.8 Å². The van der Waals surface area contributed by atoms with E-state index in [1.807, 2.05) is 27.0 Å². The molecule has 0 aliphatic carbocycles. The number of aromatic nitrogens is 2. The molecule has 100 valence electrons. The second-order valence-corrected chi connectivity index (χ2v) is 6.05. The van der Waals surface area contributed by atoms with Crippen LogP contribution in [0.4, 0.5) is 4.79 Å². The smallest absolute Gasteiger partial charge is 0.434 e. The summed E-state index contributed by atoms with van der Waals surface area (Å²) in [5, 5.41) is 5.42. The van der Waals surface area contributed by atoms with Gasteiger partial charge in [0.15, 0.2) is 0 Å². The maximum Gasteiger partial charge on any atom is 0.434 e. The minimum atomic E-state index is -0.521. The van der Waals surface area contributed by atoms with E-state index in [4.69, 9.17) is 9.57 Å². The van der Waals surface area contributed by atoms with Crippen LogP contribution in [0.25, 0.3) is 0 Å². The van der Waals surface area contributed by atoms with Gasteiger partial charge in [-0.25, -0.2) is 4.79 Å². The Bertz CT molecular complexity index is 441. The molecule has 1 aliphatic heterocycles. The molecule has 2 rings (SSSR count). The standard InChI is InChI=1S/C11H16BrN3O3/c1-11(2,3)18-10(16)15-6-9(7-17-15)14-5-8(12)4-13-14/h4-5,9H,6-7H2,1-3H3/t9-/m1/s1. The SMILES string of the molecule is CC(C)(C)OC(=O)N1C[C@@H](n2cc(Br)cn2)CO1. The Labute approximate surface area is 114 Å². The summed E-state index contributed by atoms with van der Waals surface area (Å²) in [6.07, 6.45) is 3.10. The van der Waals surface area contributed by atoms with Gasteiger partial charge in [0, 0.05) is 6.20 Å². The molecular weight excluding hydrogens is 302 g/mol. The Morgan fingerprint density at radius 2 is 2.33 bits per heavy atom. The van der Waals surface area contributed by atoms with Gasteiger partial charge in [0.25, 0.3) is 0 Å². The van der Waals surface area contributed by atoms with E-state index in [0.29, 0.717) is 13.2 Å². The van der Waals surface area contributed by atoms with Crippen molar-refractivity contribution in [1.29, 1.82) is 0 Å². The Morgan fingerprint density at radius 1 is 1.61 bits per heavy atom. The van der Waals surface area contributed by atoms with E-state index >= 15 is 0 Å². The lowest BCUT2D eigenvalue weighted by Gasteiger charge is -2.23. The number of carbonyl (C=O) groups is 1. The number of hydrogen-bond donors (Lipinski definition) is 0. The van der Waals surface area contributed by atoms with Crippen LogP contribution in [0.2, 0.25) is 0 Å². The van der Waals surface area contributed by atoms with Gasteiger partial charge in [-0.15, -0.1) is 0 Å². The van der Waals surface area contributed by atoms with Gasteiger partial charge < -0.3 is 4.74 Å². The average molecular weight is 318 g/mol. The second-order valence-electron chi connectivity index (χ2n) is 5.13. The number of ether oxygens (including phenoxy) is 1. The number of carbonyl (C=O) groups excluding carboxylic acids is 1. The van der Waals surface area contributed by atoms with Crippen LogP contribution in [0, 0.1) is 0 Å². The molecule has 2 heterocycles. The van der Waals surface area contributed by atoms with E-state index < -0.39 is 11.7 Å². The molecule has 1 aliphatic rings. The van der Waals surface area contributed by atoms with Crippen molar-refractivity contribution in [3.63, 3.8) is 0 Å². The van der Waals surface area contributed by atoms with Gasteiger partial charge in [0.05, 0.1) is 29.9 Å². The molecule has 0 N–H and O–H groups in total. The molecule has 1 aromatic rings. The number of rotatable bonds is 1. The summed E-state index contributed by atoms with van der Waals surface area (Å²) in [7, 11) is 0. The van der Waals surface area contributed by atoms with Crippen LogP contribution in [0.5, 0.6) is 0 Å². The maximum atomic E-state index is 11.8. The average Bonchev–Trinajstić information content (AvgIpc) is 2.82. The Morgan fingerprint density at radius 3 is 2.89 bits per heavy atom. The Hall–Kier alpha value is -1.08. The first kappa shape index (κ1) is 13.4. The third-order valence-corrected chi connectivity index (χ3v) is 2.75. The zero-order valence-electron chi connectivity index (χ0n) is 10.6. The molecule has 1 saturated heterocycles. The summed E-state index contributed by atoms with van der Waals surface area (Å²) < 4.78 is 7.91. The van der Waals surface area contributed by atoms with E-state index in [9.17, 15) is 4.79 Å². The zero-order valence-corrected chi connectivity index (χ0v) is 12.2. The van der Waals surface area contributed by atoms with Crippen molar-refractivity contribution in [2.45, 2.75) is 32.4 Å². The molecule has 1 aromatic heterocycles. The lowest BCUT2D eigenvalue weighted by Crippen LogP contribution is -2.34.